The molecule has 0 aliphatic heterocycles. The van der Waals surface area contributed by atoms with E-state index in [1.807, 2.05) is 30.3 Å². The molecule has 0 fully saturated rings. The van der Waals surface area contributed by atoms with Gasteiger partial charge >= 0.3 is 5.97 Å². The molecular formula is C15H12O4. The van der Waals surface area contributed by atoms with Crippen LogP contribution in [0.25, 0.3) is 10.8 Å². The molecule has 0 radical (unpaired) electrons. The number of rotatable bonds is 4. The van der Waals surface area contributed by atoms with Crippen molar-refractivity contribution in [2.24, 2.45) is 0 Å². The van der Waals surface area contributed by atoms with Crippen LogP contribution in [0.5, 0.6) is 0 Å². The zero-order valence-electron chi connectivity index (χ0n) is 10.4. The molecule has 0 amide bonds. The summed E-state index contributed by atoms with van der Waals surface area (Å²) in [7, 11) is 1.11. The average Bonchev–Trinajstić information content (AvgIpc) is 2.45. The lowest BCUT2D eigenvalue weighted by molar-refractivity contribution is -0.151. The molecule has 2 rings (SSSR count). The van der Waals surface area contributed by atoms with Crippen molar-refractivity contribution in [2.45, 2.75) is 6.42 Å². The third kappa shape index (κ3) is 2.68. The first-order chi connectivity index (χ1) is 9.13. The number of fused-ring (bicyclic) bond motifs is 1. The van der Waals surface area contributed by atoms with E-state index in [2.05, 4.69) is 4.74 Å². The van der Waals surface area contributed by atoms with Crippen molar-refractivity contribution in [3.63, 3.8) is 0 Å². The highest BCUT2D eigenvalue weighted by Gasteiger charge is 2.20. The van der Waals surface area contributed by atoms with Crippen molar-refractivity contribution in [3.8, 4) is 0 Å². The van der Waals surface area contributed by atoms with E-state index in [9.17, 15) is 14.4 Å². The molecule has 0 spiro atoms. The highest BCUT2D eigenvalue weighted by molar-refractivity contribution is 6.38. The fraction of sp³-hybridized carbons (Fsp3) is 0.133. The third-order valence-corrected chi connectivity index (χ3v) is 2.82. The number of carbonyl (C=O) groups is 3. The summed E-state index contributed by atoms with van der Waals surface area (Å²) in [6, 6.07) is 12.7. The largest absolute Gasteiger partial charge is 0.463 e. The highest BCUT2D eigenvalue weighted by atomic mass is 16.5. The first kappa shape index (κ1) is 13.0. The van der Waals surface area contributed by atoms with Gasteiger partial charge in [0.05, 0.1) is 13.5 Å². The predicted molar refractivity (Wildman–Crippen MR) is 69.9 cm³/mol. The molecule has 0 saturated carbocycles. The Hall–Kier alpha value is -2.49. The number of Topliss-reactive ketones (excluding diaryl/α,β-unsaturated/α-hetero) is 2. The van der Waals surface area contributed by atoms with Crippen LogP contribution in [0.4, 0.5) is 0 Å². The Bertz CT molecular complexity index is 653. The van der Waals surface area contributed by atoms with Crippen molar-refractivity contribution < 1.29 is 19.1 Å². The standard InChI is InChI=1S/C15H12O4/c1-19-15(18)14(17)9-13(16)12-8-4-6-10-5-2-3-7-11(10)12/h2-8H,9H2,1H3. The summed E-state index contributed by atoms with van der Waals surface area (Å²) < 4.78 is 4.30. The quantitative estimate of drug-likeness (QED) is 0.364. The fourth-order valence-corrected chi connectivity index (χ4v) is 1.90. The molecule has 2 aromatic rings. The molecule has 0 N–H and O–H groups in total. The van der Waals surface area contributed by atoms with E-state index in [-0.39, 0.29) is 5.78 Å². The van der Waals surface area contributed by atoms with Crippen LogP contribution in [-0.4, -0.2) is 24.6 Å². The van der Waals surface area contributed by atoms with Gasteiger partial charge in [-0.2, -0.15) is 0 Å². The number of carbonyl (C=O) groups excluding carboxylic acids is 3. The number of ketones is 2. The Labute approximate surface area is 110 Å². The maximum absolute atomic E-state index is 12.1. The van der Waals surface area contributed by atoms with Crippen LogP contribution in [0, 0.1) is 0 Å². The lowest BCUT2D eigenvalue weighted by Crippen LogP contribution is -2.19. The van der Waals surface area contributed by atoms with Gasteiger partial charge in [-0.05, 0) is 10.8 Å². The second kappa shape index (κ2) is 5.44. The van der Waals surface area contributed by atoms with Crippen molar-refractivity contribution in [1.29, 1.82) is 0 Å². The lowest BCUT2D eigenvalue weighted by atomic mass is 9.99. The van der Waals surface area contributed by atoms with Crippen LogP contribution in [0.1, 0.15) is 16.8 Å². The summed E-state index contributed by atoms with van der Waals surface area (Å²) in [5.74, 6) is -2.21. The van der Waals surface area contributed by atoms with Crippen molar-refractivity contribution >= 4 is 28.3 Å². The maximum Gasteiger partial charge on any atom is 0.374 e. The van der Waals surface area contributed by atoms with Gasteiger partial charge in [0, 0.05) is 5.56 Å². The van der Waals surface area contributed by atoms with E-state index in [1.165, 1.54) is 0 Å². The summed E-state index contributed by atoms with van der Waals surface area (Å²) in [4.78, 5) is 34.5. The van der Waals surface area contributed by atoms with Crippen molar-refractivity contribution in [2.75, 3.05) is 7.11 Å². The number of hydrogen-bond acceptors (Lipinski definition) is 4. The Balaban J connectivity index is 2.32. The Morgan fingerprint density at radius 2 is 1.68 bits per heavy atom. The monoisotopic (exact) mass is 256 g/mol. The van der Waals surface area contributed by atoms with Gasteiger partial charge in [-0.1, -0.05) is 42.5 Å². The summed E-state index contributed by atoms with van der Waals surface area (Å²) in [6.45, 7) is 0. The third-order valence-electron chi connectivity index (χ3n) is 2.82. The first-order valence-corrected chi connectivity index (χ1v) is 5.75. The minimum atomic E-state index is -0.992. The van der Waals surface area contributed by atoms with E-state index in [0.29, 0.717) is 5.56 Å². The second-order valence-electron chi connectivity index (χ2n) is 4.04. The molecule has 0 heterocycles. The highest BCUT2D eigenvalue weighted by Crippen LogP contribution is 2.19. The molecule has 96 valence electrons. The molecule has 0 saturated heterocycles. The molecule has 0 atom stereocenters. The van der Waals surface area contributed by atoms with E-state index >= 15 is 0 Å². The van der Waals surface area contributed by atoms with Crippen LogP contribution in [0.2, 0.25) is 0 Å². The Kier molecular flexibility index (Phi) is 3.71. The van der Waals surface area contributed by atoms with E-state index in [0.717, 1.165) is 17.9 Å². The van der Waals surface area contributed by atoms with Gasteiger partial charge in [-0.15, -0.1) is 0 Å². The zero-order chi connectivity index (χ0) is 13.8. The number of esters is 1. The van der Waals surface area contributed by atoms with Gasteiger partial charge in [0.2, 0.25) is 5.78 Å². The maximum atomic E-state index is 12.1. The van der Waals surface area contributed by atoms with Gasteiger partial charge in [0.1, 0.15) is 0 Å². The number of hydrogen-bond donors (Lipinski definition) is 0. The summed E-state index contributed by atoms with van der Waals surface area (Å²) in [5, 5.41) is 1.69. The van der Waals surface area contributed by atoms with Crippen LogP contribution in [0.3, 0.4) is 0 Å². The molecular weight excluding hydrogens is 244 g/mol. The van der Waals surface area contributed by atoms with Gasteiger partial charge in [-0.25, -0.2) is 4.79 Å². The van der Waals surface area contributed by atoms with Crippen molar-refractivity contribution in [3.05, 3.63) is 48.0 Å². The van der Waals surface area contributed by atoms with E-state index in [4.69, 9.17) is 0 Å². The molecule has 4 heteroatoms. The van der Waals surface area contributed by atoms with Crippen LogP contribution in [0.15, 0.2) is 42.5 Å². The van der Waals surface area contributed by atoms with E-state index < -0.39 is 18.2 Å². The fourth-order valence-electron chi connectivity index (χ4n) is 1.90. The lowest BCUT2D eigenvalue weighted by Gasteiger charge is -2.04. The molecule has 0 bridgehead atoms. The van der Waals surface area contributed by atoms with Gasteiger partial charge in [0.15, 0.2) is 5.78 Å². The molecule has 0 unspecified atom stereocenters. The zero-order valence-corrected chi connectivity index (χ0v) is 10.4. The van der Waals surface area contributed by atoms with Crippen LogP contribution >= 0.6 is 0 Å². The average molecular weight is 256 g/mol. The minimum Gasteiger partial charge on any atom is -0.463 e. The van der Waals surface area contributed by atoms with E-state index in [1.54, 1.807) is 12.1 Å². The normalized spacial score (nSPS) is 10.2. The number of ether oxygens (including phenoxy) is 1. The minimum absolute atomic E-state index is 0.382. The number of benzene rings is 2. The van der Waals surface area contributed by atoms with Crippen LogP contribution < -0.4 is 0 Å². The predicted octanol–water partition coefficient (Wildman–Crippen LogP) is 2.15. The Morgan fingerprint density at radius 3 is 2.42 bits per heavy atom. The van der Waals surface area contributed by atoms with Gasteiger partial charge < -0.3 is 4.74 Å². The SMILES string of the molecule is COC(=O)C(=O)CC(=O)c1cccc2ccccc12. The Morgan fingerprint density at radius 1 is 1.00 bits per heavy atom. The number of methoxy groups -OCH3 is 1. The molecule has 0 aliphatic carbocycles. The molecule has 2 aromatic carbocycles. The topological polar surface area (TPSA) is 60.4 Å². The summed E-state index contributed by atoms with van der Waals surface area (Å²) in [5.41, 5.74) is 0.440. The van der Waals surface area contributed by atoms with Gasteiger partial charge in [-0.3, -0.25) is 9.59 Å². The van der Waals surface area contributed by atoms with Crippen LogP contribution in [-0.2, 0) is 14.3 Å². The molecule has 0 aliphatic rings. The van der Waals surface area contributed by atoms with Crippen molar-refractivity contribution in [1.82, 2.24) is 0 Å². The molecule has 0 aromatic heterocycles. The summed E-state index contributed by atoms with van der Waals surface area (Å²) >= 11 is 0. The molecule has 19 heavy (non-hydrogen) atoms. The van der Waals surface area contributed by atoms with Gasteiger partial charge in [0.25, 0.3) is 0 Å². The smallest absolute Gasteiger partial charge is 0.374 e. The first-order valence-electron chi connectivity index (χ1n) is 5.75. The summed E-state index contributed by atoms with van der Waals surface area (Å²) in [6.07, 6.45) is -0.472. The molecule has 4 nitrogen and oxygen atoms in total. The second-order valence-corrected chi connectivity index (χ2v) is 4.04.